The van der Waals surface area contributed by atoms with Crippen LogP contribution >= 0.6 is 11.3 Å². The van der Waals surface area contributed by atoms with Crippen LogP contribution in [0.5, 0.6) is 11.5 Å². The Kier molecular flexibility index (Phi) is 7.34. The number of hydrogen-bond donors (Lipinski definition) is 3. The predicted octanol–water partition coefficient (Wildman–Crippen LogP) is 4.07. The summed E-state index contributed by atoms with van der Waals surface area (Å²) in [5.74, 6) is -0.123. The van der Waals surface area contributed by atoms with E-state index in [-0.39, 0.29) is 37.0 Å². The Morgan fingerprint density at radius 2 is 1.88 bits per heavy atom. The molecule has 174 valence electrons. The van der Waals surface area contributed by atoms with E-state index in [2.05, 4.69) is 20.6 Å². The van der Waals surface area contributed by atoms with Crippen molar-refractivity contribution in [2.24, 2.45) is 0 Å². The number of pyridine rings is 1. The van der Waals surface area contributed by atoms with Crippen molar-refractivity contribution < 1.29 is 19.4 Å². The second kappa shape index (κ2) is 10.8. The van der Waals surface area contributed by atoms with Gasteiger partial charge in [-0.1, -0.05) is 30.3 Å². The number of anilines is 1. The summed E-state index contributed by atoms with van der Waals surface area (Å²) in [6.07, 6.45) is 3.45. The molecule has 0 aliphatic rings. The lowest BCUT2D eigenvalue weighted by Gasteiger charge is -2.20. The molecular formula is C25H24N4O4S. The number of rotatable bonds is 9. The molecule has 2 aromatic carbocycles. The lowest BCUT2D eigenvalue weighted by Crippen LogP contribution is -2.29. The highest BCUT2D eigenvalue weighted by Gasteiger charge is 2.23. The third kappa shape index (κ3) is 5.49. The highest BCUT2D eigenvalue weighted by molar-refractivity contribution is 7.13. The van der Waals surface area contributed by atoms with Crippen molar-refractivity contribution in [3.63, 3.8) is 0 Å². The van der Waals surface area contributed by atoms with Gasteiger partial charge in [0.05, 0.1) is 7.11 Å². The number of phenolic OH excluding ortho intramolecular Hbond substituents is 1. The van der Waals surface area contributed by atoms with Crippen molar-refractivity contribution >= 4 is 39.2 Å². The zero-order valence-electron chi connectivity index (χ0n) is 18.5. The maximum Gasteiger partial charge on any atom is 0.227 e. The SMILES string of the molecule is COc1ccc(C(CC(=O)NCCC(=O)Nc2nccs2)c2ccc3cccnc3c2O)cc1. The first-order valence-electron chi connectivity index (χ1n) is 10.7. The van der Waals surface area contributed by atoms with Gasteiger partial charge < -0.3 is 20.5 Å². The summed E-state index contributed by atoms with van der Waals surface area (Å²) in [5, 5.41) is 19.6. The third-order valence-corrected chi connectivity index (χ3v) is 6.10. The van der Waals surface area contributed by atoms with Gasteiger partial charge in [0.2, 0.25) is 11.8 Å². The Morgan fingerprint density at radius 1 is 1.06 bits per heavy atom. The van der Waals surface area contributed by atoms with E-state index < -0.39 is 5.92 Å². The lowest BCUT2D eigenvalue weighted by molar-refractivity contribution is -0.121. The molecular weight excluding hydrogens is 452 g/mol. The number of amides is 2. The first-order chi connectivity index (χ1) is 16.5. The molecule has 0 spiro atoms. The molecule has 2 aromatic heterocycles. The van der Waals surface area contributed by atoms with Gasteiger partial charge in [-0.2, -0.15) is 0 Å². The number of carbonyl (C=O) groups excluding carboxylic acids is 2. The van der Waals surface area contributed by atoms with E-state index >= 15 is 0 Å². The maximum absolute atomic E-state index is 12.8. The fraction of sp³-hybridized carbons (Fsp3) is 0.200. The van der Waals surface area contributed by atoms with Gasteiger partial charge in [0.1, 0.15) is 17.0 Å². The van der Waals surface area contributed by atoms with Crippen LogP contribution in [-0.4, -0.2) is 40.5 Å². The summed E-state index contributed by atoms with van der Waals surface area (Å²) in [6, 6.07) is 14.8. The first kappa shape index (κ1) is 23.2. The highest BCUT2D eigenvalue weighted by Crippen LogP contribution is 2.38. The fourth-order valence-electron chi connectivity index (χ4n) is 3.71. The maximum atomic E-state index is 12.8. The van der Waals surface area contributed by atoms with E-state index in [9.17, 15) is 14.7 Å². The summed E-state index contributed by atoms with van der Waals surface area (Å²) in [5.41, 5.74) is 1.94. The van der Waals surface area contributed by atoms with E-state index in [0.29, 0.717) is 22.0 Å². The van der Waals surface area contributed by atoms with Gasteiger partial charge in [0, 0.05) is 54.0 Å². The highest BCUT2D eigenvalue weighted by atomic mass is 32.1. The number of aromatic hydroxyl groups is 1. The summed E-state index contributed by atoms with van der Waals surface area (Å²) < 4.78 is 5.25. The molecule has 4 aromatic rings. The molecule has 4 rings (SSSR count). The van der Waals surface area contributed by atoms with E-state index in [1.54, 1.807) is 30.9 Å². The van der Waals surface area contributed by atoms with Gasteiger partial charge in [-0.05, 0) is 23.8 Å². The van der Waals surface area contributed by atoms with E-state index in [1.165, 1.54) is 11.3 Å². The molecule has 0 fully saturated rings. The number of carbonyl (C=O) groups is 2. The number of nitrogens with one attached hydrogen (secondary N) is 2. The van der Waals surface area contributed by atoms with Crippen LogP contribution in [-0.2, 0) is 9.59 Å². The minimum Gasteiger partial charge on any atom is -0.505 e. The summed E-state index contributed by atoms with van der Waals surface area (Å²) in [7, 11) is 1.59. The number of aromatic nitrogens is 2. The molecule has 9 heteroatoms. The van der Waals surface area contributed by atoms with Crippen molar-refractivity contribution in [2.75, 3.05) is 19.0 Å². The minimum absolute atomic E-state index is 0.0505. The quantitative estimate of drug-likeness (QED) is 0.336. The monoisotopic (exact) mass is 476 g/mol. The second-order valence-corrected chi connectivity index (χ2v) is 8.49. The van der Waals surface area contributed by atoms with Crippen LogP contribution in [0.1, 0.15) is 29.9 Å². The molecule has 0 bridgehead atoms. The largest absolute Gasteiger partial charge is 0.505 e. The van der Waals surface area contributed by atoms with Crippen LogP contribution in [0.15, 0.2) is 66.3 Å². The second-order valence-electron chi connectivity index (χ2n) is 7.59. The Labute approximate surface area is 200 Å². The standard InChI is InChI=1S/C25H24N4O4S/c1-33-18-7-4-16(5-8-18)20(19-9-6-17-3-2-11-27-23(17)24(19)32)15-22(31)26-12-10-21(30)29-25-28-13-14-34-25/h2-9,11,13-14,20,32H,10,12,15H2,1H3,(H,26,31)(H,28,29,30). The van der Waals surface area contributed by atoms with Crippen LogP contribution in [0.2, 0.25) is 0 Å². The van der Waals surface area contributed by atoms with Gasteiger partial charge in [-0.3, -0.25) is 14.6 Å². The van der Waals surface area contributed by atoms with E-state index in [0.717, 1.165) is 10.9 Å². The number of hydrogen-bond acceptors (Lipinski definition) is 7. The van der Waals surface area contributed by atoms with Crippen LogP contribution in [0, 0.1) is 0 Å². The Balaban J connectivity index is 1.50. The Hall–Kier alpha value is -3.98. The lowest BCUT2D eigenvalue weighted by atomic mass is 9.87. The molecule has 2 heterocycles. The van der Waals surface area contributed by atoms with Crippen LogP contribution in [0.25, 0.3) is 10.9 Å². The van der Waals surface area contributed by atoms with Crippen LogP contribution in [0.4, 0.5) is 5.13 Å². The zero-order chi connectivity index (χ0) is 23.9. The minimum atomic E-state index is -0.415. The van der Waals surface area contributed by atoms with Crippen molar-refractivity contribution in [1.29, 1.82) is 0 Å². The number of ether oxygens (including phenoxy) is 1. The average molecular weight is 477 g/mol. The van der Waals surface area contributed by atoms with Gasteiger partial charge in [0.25, 0.3) is 0 Å². The molecule has 34 heavy (non-hydrogen) atoms. The molecule has 0 aliphatic heterocycles. The summed E-state index contributed by atoms with van der Waals surface area (Å²) >= 11 is 1.33. The number of methoxy groups -OCH3 is 1. The molecule has 0 saturated heterocycles. The summed E-state index contributed by atoms with van der Waals surface area (Å²) in [6.45, 7) is 0.191. The number of phenols is 1. The number of thiazole rings is 1. The van der Waals surface area contributed by atoms with Crippen LogP contribution in [0.3, 0.4) is 0 Å². The van der Waals surface area contributed by atoms with Crippen LogP contribution < -0.4 is 15.4 Å². The van der Waals surface area contributed by atoms with Crippen molar-refractivity contribution in [3.8, 4) is 11.5 Å². The zero-order valence-corrected chi connectivity index (χ0v) is 19.3. The molecule has 0 saturated carbocycles. The summed E-state index contributed by atoms with van der Waals surface area (Å²) in [4.78, 5) is 33.2. The molecule has 1 unspecified atom stereocenters. The molecule has 8 nitrogen and oxygen atoms in total. The van der Waals surface area contributed by atoms with E-state index in [4.69, 9.17) is 4.74 Å². The Bertz CT molecular complexity index is 1280. The molecule has 3 N–H and O–H groups in total. The van der Waals surface area contributed by atoms with Gasteiger partial charge in [-0.25, -0.2) is 4.98 Å². The van der Waals surface area contributed by atoms with Crippen molar-refractivity contribution in [1.82, 2.24) is 15.3 Å². The van der Waals surface area contributed by atoms with Gasteiger partial charge >= 0.3 is 0 Å². The third-order valence-electron chi connectivity index (χ3n) is 5.42. The Morgan fingerprint density at radius 3 is 2.62 bits per heavy atom. The van der Waals surface area contributed by atoms with Crippen molar-refractivity contribution in [2.45, 2.75) is 18.8 Å². The molecule has 0 radical (unpaired) electrons. The molecule has 1 atom stereocenters. The smallest absolute Gasteiger partial charge is 0.227 e. The number of fused-ring (bicyclic) bond motifs is 1. The predicted molar refractivity (Wildman–Crippen MR) is 131 cm³/mol. The topological polar surface area (TPSA) is 113 Å². The normalized spacial score (nSPS) is 11.7. The number of benzene rings is 2. The number of nitrogens with zero attached hydrogens (tertiary/aromatic N) is 2. The fourth-order valence-corrected chi connectivity index (χ4v) is 4.26. The average Bonchev–Trinajstić information content (AvgIpc) is 3.36. The van der Waals surface area contributed by atoms with Gasteiger partial charge in [0.15, 0.2) is 5.13 Å². The first-order valence-corrected chi connectivity index (χ1v) is 11.6. The molecule has 2 amide bonds. The molecule has 0 aliphatic carbocycles. The van der Waals surface area contributed by atoms with Crippen molar-refractivity contribution in [3.05, 3.63) is 77.4 Å². The van der Waals surface area contributed by atoms with Gasteiger partial charge in [-0.15, -0.1) is 11.3 Å². The van der Waals surface area contributed by atoms with E-state index in [1.807, 2.05) is 42.5 Å².